The lowest BCUT2D eigenvalue weighted by Gasteiger charge is -2.27. The Hall–Kier alpha value is -1.17. The molecule has 0 spiro atoms. The van der Waals surface area contributed by atoms with Crippen molar-refractivity contribution >= 4 is 17.7 Å². The fourth-order valence-corrected chi connectivity index (χ4v) is 2.65. The average Bonchev–Trinajstić information content (AvgIpc) is 2.76. The summed E-state index contributed by atoms with van der Waals surface area (Å²) >= 11 is 1.97. The SMILES string of the molecule is Cc1cnn(CCN=C(N)N2CCSCC2)c1. The second-order valence-corrected chi connectivity index (χ2v) is 5.34. The minimum atomic E-state index is 0.675. The molecule has 2 N–H and O–H groups in total. The van der Waals surface area contributed by atoms with Crippen LogP contribution in [0.4, 0.5) is 0 Å². The number of aliphatic imine (C=N–C) groups is 1. The lowest BCUT2D eigenvalue weighted by Crippen LogP contribution is -2.42. The van der Waals surface area contributed by atoms with Crippen LogP contribution in [0.25, 0.3) is 0 Å². The summed E-state index contributed by atoms with van der Waals surface area (Å²) in [7, 11) is 0. The second kappa shape index (κ2) is 5.95. The van der Waals surface area contributed by atoms with Crippen LogP contribution < -0.4 is 5.73 Å². The van der Waals surface area contributed by atoms with Crippen LogP contribution in [0.3, 0.4) is 0 Å². The molecule has 17 heavy (non-hydrogen) atoms. The highest BCUT2D eigenvalue weighted by atomic mass is 32.2. The third-order valence-electron chi connectivity index (χ3n) is 2.70. The predicted molar refractivity (Wildman–Crippen MR) is 72.4 cm³/mol. The summed E-state index contributed by atoms with van der Waals surface area (Å²) in [4.78, 5) is 6.56. The van der Waals surface area contributed by atoms with Crippen molar-refractivity contribution in [2.75, 3.05) is 31.1 Å². The fraction of sp³-hybridized carbons (Fsp3) is 0.636. The van der Waals surface area contributed by atoms with E-state index in [-0.39, 0.29) is 0 Å². The number of nitrogens with zero attached hydrogens (tertiary/aromatic N) is 4. The van der Waals surface area contributed by atoms with Crippen molar-refractivity contribution in [1.29, 1.82) is 0 Å². The van der Waals surface area contributed by atoms with E-state index >= 15 is 0 Å². The number of nitrogens with two attached hydrogens (primary N) is 1. The van der Waals surface area contributed by atoms with Crippen LogP contribution in [-0.2, 0) is 6.54 Å². The highest BCUT2D eigenvalue weighted by Crippen LogP contribution is 2.08. The topological polar surface area (TPSA) is 59.4 Å². The van der Waals surface area contributed by atoms with Gasteiger partial charge < -0.3 is 10.6 Å². The van der Waals surface area contributed by atoms with Gasteiger partial charge in [-0.25, -0.2) is 0 Å². The zero-order valence-electron chi connectivity index (χ0n) is 10.2. The van der Waals surface area contributed by atoms with Gasteiger partial charge in [-0.2, -0.15) is 16.9 Å². The molecule has 0 amide bonds. The first-order valence-corrected chi connectivity index (χ1v) is 7.03. The zero-order valence-corrected chi connectivity index (χ0v) is 11.0. The summed E-state index contributed by atoms with van der Waals surface area (Å²) < 4.78 is 1.90. The van der Waals surface area contributed by atoms with Crippen molar-refractivity contribution in [1.82, 2.24) is 14.7 Å². The molecule has 1 aliphatic heterocycles. The molecule has 0 bridgehead atoms. The van der Waals surface area contributed by atoms with Crippen molar-refractivity contribution in [2.24, 2.45) is 10.7 Å². The van der Waals surface area contributed by atoms with Crippen LogP contribution in [0.1, 0.15) is 5.56 Å². The van der Waals surface area contributed by atoms with E-state index in [0.717, 1.165) is 31.1 Å². The van der Waals surface area contributed by atoms with Crippen LogP contribution in [0.2, 0.25) is 0 Å². The van der Waals surface area contributed by atoms with Crippen molar-refractivity contribution in [3.05, 3.63) is 18.0 Å². The first-order valence-electron chi connectivity index (χ1n) is 5.87. The Kier molecular flexibility index (Phi) is 4.30. The third-order valence-corrected chi connectivity index (χ3v) is 3.64. The number of aromatic nitrogens is 2. The summed E-state index contributed by atoms with van der Waals surface area (Å²) in [5, 5.41) is 4.21. The molecule has 0 unspecified atom stereocenters. The van der Waals surface area contributed by atoms with Gasteiger partial charge in [-0.15, -0.1) is 0 Å². The van der Waals surface area contributed by atoms with Gasteiger partial charge in [0.05, 0.1) is 19.3 Å². The van der Waals surface area contributed by atoms with E-state index < -0.39 is 0 Å². The first kappa shape index (κ1) is 12.3. The molecule has 94 valence electrons. The Morgan fingerprint density at radius 3 is 2.94 bits per heavy atom. The number of guanidine groups is 1. The normalized spacial score (nSPS) is 17.5. The van der Waals surface area contributed by atoms with E-state index in [1.54, 1.807) is 0 Å². The molecule has 1 aromatic heterocycles. The number of aryl methyl sites for hydroxylation is 1. The van der Waals surface area contributed by atoms with E-state index in [1.165, 1.54) is 5.56 Å². The van der Waals surface area contributed by atoms with Gasteiger partial charge in [-0.05, 0) is 12.5 Å². The molecule has 0 aliphatic carbocycles. The van der Waals surface area contributed by atoms with Gasteiger partial charge in [0.2, 0.25) is 0 Å². The van der Waals surface area contributed by atoms with Crippen LogP contribution in [0, 0.1) is 6.92 Å². The smallest absolute Gasteiger partial charge is 0.191 e. The molecule has 2 rings (SSSR count). The van der Waals surface area contributed by atoms with Gasteiger partial charge in [-0.1, -0.05) is 0 Å². The van der Waals surface area contributed by atoms with Crippen molar-refractivity contribution in [2.45, 2.75) is 13.5 Å². The highest BCUT2D eigenvalue weighted by molar-refractivity contribution is 7.99. The maximum absolute atomic E-state index is 5.95. The second-order valence-electron chi connectivity index (χ2n) is 4.12. The lowest BCUT2D eigenvalue weighted by atomic mass is 10.4. The predicted octanol–water partition coefficient (Wildman–Crippen LogP) is 0.555. The molecular formula is C11H19N5S. The Bertz CT molecular complexity index is 381. The van der Waals surface area contributed by atoms with Crippen LogP contribution in [0.15, 0.2) is 17.4 Å². The molecule has 0 aromatic carbocycles. The van der Waals surface area contributed by atoms with Crippen LogP contribution in [0.5, 0.6) is 0 Å². The maximum Gasteiger partial charge on any atom is 0.191 e. The minimum Gasteiger partial charge on any atom is -0.370 e. The zero-order chi connectivity index (χ0) is 12.1. The standard InChI is InChI=1S/C11H19N5S/c1-10-8-14-16(9-10)3-2-13-11(12)15-4-6-17-7-5-15/h8-9H,2-7H2,1H3,(H2,12,13). The van der Waals surface area contributed by atoms with Gasteiger partial charge in [0, 0.05) is 30.8 Å². The molecule has 2 heterocycles. The Labute approximate surface area is 106 Å². The summed E-state index contributed by atoms with van der Waals surface area (Å²) in [5.41, 5.74) is 7.13. The molecular weight excluding hydrogens is 234 g/mol. The largest absolute Gasteiger partial charge is 0.370 e. The number of thioether (sulfide) groups is 1. The minimum absolute atomic E-state index is 0.675. The molecule has 1 aromatic rings. The summed E-state index contributed by atoms with van der Waals surface area (Å²) in [5.74, 6) is 2.97. The number of rotatable bonds is 3. The molecule has 1 fully saturated rings. The van der Waals surface area contributed by atoms with Crippen molar-refractivity contribution in [3.63, 3.8) is 0 Å². The van der Waals surface area contributed by atoms with E-state index in [4.69, 9.17) is 5.73 Å². The molecule has 0 saturated carbocycles. The molecule has 5 nitrogen and oxygen atoms in total. The van der Waals surface area contributed by atoms with Crippen molar-refractivity contribution in [3.8, 4) is 0 Å². The quantitative estimate of drug-likeness (QED) is 0.631. The van der Waals surface area contributed by atoms with Gasteiger partial charge in [0.1, 0.15) is 0 Å². The summed E-state index contributed by atoms with van der Waals surface area (Å²) in [6, 6.07) is 0. The van der Waals surface area contributed by atoms with Crippen LogP contribution in [-0.4, -0.2) is 51.8 Å². The maximum atomic E-state index is 5.95. The summed E-state index contributed by atoms with van der Waals surface area (Å²) in [6.45, 7) is 5.54. The van der Waals surface area contributed by atoms with Crippen LogP contribution >= 0.6 is 11.8 Å². The Morgan fingerprint density at radius 2 is 2.29 bits per heavy atom. The molecule has 1 saturated heterocycles. The number of hydrogen-bond acceptors (Lipinski definition) is 3. The Balaban J connectivity index is 1.79. The first-order chi connectivity index (χ1) is 8.25. The van der Waals surface area contributed by atoms with E-state index in [0.29, 0.717) is 12.5 Å². The number of hydrogen-bond donors (Lipinski definition) is 1. The van der Waals surface area contributed by atoms with Gasteiger partial charge in [0.15, 0.2) is 5.96 Å². The molecule has 0 atom stereocenters. The van der Waals surface area contributed by atoms with Gasteiger partial charge in [0.25, 0.3) is 0 Å². The van der Waals surface area contributed by atoms with E-state index in [9.17, 15) is 0 Å². The van der Waals surface area contributed by atoms with E-state index in [1.807, 2.05) is 35.8 Å². The van der Waals surface area contributed by atoms with Crippen molar-refractivity contribution < 1.29 is 0 Å². The Morgan fingerprint density at radius 1 is 1.53 bits per heavy atom. The lowest BCUT2D eigenvalue weighted by molar-refractivity contribution is 0.454. The molecule has 6 heteroatoms. The van der Waals surface area contributed by atoms with E-state index in [2.05, 4.69) is 15.0 Å². The van der Waals surface area contributed by atoms with Gasteiger partial charge >= 0.3 is 0 Å². The average molecular weight is 253 g/mol. The monoisotopic (exact) mass is 253 g/mol. The molecule has 1 aliphatic rings. The summed E-state index contributed by atoms with van der Waals surface area (Å²) in [6.07, 6.45) is 3.87. The molecule has 0 radical (unpaired) electrons. The fourth-order valence-electron chi connectivity index (χ4n) is 1.75. The third kappa shape index (κ3) is 3.66. The van der Waals surface area contributed by atoms with Gasteiger partial charge in [-0.3, -0.25) is 9.67 Å². The highest BCUT2D eigenvalue weighted by Gasteiger charge is 2.11.